The normalized spacial score (nSPS) is 21.4. The monoisotopic (exact) mass is 245 g/mol. The highest BCUT2D eigenvalue weighted by Crippen LogP contribution is 2.22. The SMILES string of the molecule is CC(CCC(=O)O)N(C)CC1(O)CCOCC1. The van der Waals surface area contributed by atoms with Crippen LogP contribution in [-0.2, 0) is 9.53 Å². The first kappa shape index (κ1) is 14.4. The Morgan fingerprint density at radius 3 is 2.59 bits per heavy atom. The molecule has 1 aliphatic heterocycles. The lowest BCUT2D eigenvalue weighted by molar-refractivity contribution is -0.137. The zero-order valence-corrected chi connectivity index (χ0v) is 10.7. The molecule has 0 radical (unpaired) electrons. The van der Waals surface area contributed by atoms with Gasteiger partial charge in [0.25, 0.3) is 0 Å². The molecule has 1 rings (SSSR count). The Kier molecular flexibility index (Phi) is 5.36. The van der Waals surface area contributed by atoms with Gasteiger partial charge in [0.2, 0.25) is 0 Å². The zero-order valence-electron chi connectivity index (χ0n) is 10.7. The molecule has 17 heavy (non-hydrogen) atoms. The molecule has 0 spiro atoms. The van der Waals surface area contributed by atoms with Gasteiger partial charge in [-0.2, -0.15) is 0 Å². The summed E-state index contributed by atoms with van der Waals surface area (Å²) in [6.45, 7) is 3.78. The molecule has 0 saturated carbocycles. The molecule has 2 N–H and O–H groups in total. The predicted octanol–water partition coefficient (Wildman–Crippen LogP) is 0.713. The van der Waals surface area contributed by atoms with E-state index in [1.807, 2.05) is 18.9 Å². The van der Waals surface area contributed by atoms with Gasteiger partial charge in [-0.15, -0.1) is 0 Å². The lowest BCUT2D eigenvalue weighted by Crippen LogP contribution is -2.48. The predicted molar refractivity (Wildman–Crippen MR) is 64.0 cm³/mol. The van der Waals surface area contributed by atoms with Crippen LogP contribution in [-0.4, -0.2) is 59.5 Å². The molecule has 0 bridgehead atoms. The highest BCUT2D eigenvalue weighted by atomic mass is 16.5. The number of carbonyl (C=O) groups is 1. The van der Waals surface area contributed by atoms with Gasteiger partial charge in [-0.1, -0.05) is 0 Å². The summed E-state index contributed by atoms with van der Waals surface area (Å²) < 4.78 is 5.23. The first-order valence-electron chi connectivity index (χ1n) is 6.15. The quantitative estimate of drug-likeness (QED) is 0.721. The maximum Gasteiger partial charge on any atom is 0.303 e. The van der Waals surface area contributed by atoms with Crippen LogP contribution in [0, 0.1) is 0 Å². The summed E-state index contributed by atoms with van der Waals surface area (Å²) in [5.74, 6) is -0.768. The van der Waals surface area contributed by atoms with Gasteiger partial charge in [0.05, 0.1) is 5.60 Å². The summed E-state index contributed by atoms with van der Waals surface area (Å²) in [6, 6.07) is 0.165. The number of aliphatic carboxylic acids is 1. The van der Waals surface area contributed by atoms with Crippen LogP contribution < -0.4 is 0 Å². The lowest BCUT2D eigenvalue weighted by atomic mass is 9.93. The number of hydrogen-bond donors (Lipinski definition) is 2. The minimum absolute atomic E-state index is 0.165. The van der Waals surface area contributed by atoms with Gasteiger partial charge in [0, 0.05) is 45.1 Å². The molecule has 1 saturated heterocycles. The molecule has 0 aromatic heterocycles. The highest BCUT2D eigenvalue weighted by molar-refractivity contribution is 5.66. The van der Waals surface area contributed by atoms with Crippen molar-refractivity contribution in [1.29, 1.82) is 0 Å². The highest BCUT2D eigenvalue weighted by Gasteiger charge is 2.32. The molecule has 1 unspecified atom stereocenters. The van der Waals surface area contributed by atoms with Gasteiger partial charge in [0.1, 0.15) is 0 Å². The van der Waals surface area contributed by atoms with E-state index in [9.17, 15) is 9.90 Å². The van der Waals surface area contributed by atoms with Crippen molar-refractivity contribution in [1.82, 2.24) is 4.90 Å². The van der Waals surface area contributed by atoms with Crippen LogP contribution in [0.2, 0.25) is 0 Å². The van der Waals surface area contributed by atoms with E-state index >= 15 is 0 Å². The molecule has 0 aromatic rings. The van der Waals surface area contributed by atoms with Crippen molar-refractivity contribution in [3.8, 4) is 0 Å². The van der Waals surface area contributed by atoms with E-state index in [1.165, 1.54) is 0 Å². The van der Waals surface area contributed by atoms with E-state index in [0.717, 1.165) is 0 Å². The summed E-state index contributed by atoms with van der Waals surface area (Å²) in [7, 11) is 1.93. The van der Waals surface area contributed by atoms with Gasteiger partial charge >= 0.3 is 5.97 Å². The van der Waals surface area contributed by atoms with E-state index in [1.54, 1.807) is 0 Å². The second-order valence-corrected chi connectivity index (χ2v) is 5.03. The third-order valence-corrected chi connectivity index (χ3v) is 3.50. The summed E-state index contributed by atoms with van der Waals surface area (Å²) in [4.78, 5) is 12.5. The Hall–Kier alpha value is -0.650. The van der Waals surface area contributed by atoms with Crippen molar-refractivity contribution >= 4 is 5.97 Å². The van der Waals surface area contributed by atoms with Crippen LogP contribution in [0.4, 0.5) is 0 Å². The zero-order chi connectivity index (χ0) is 12.9. The topological polar surface area (TPSA) is 70.0 Å². The average Bonchev–Trinajstić information content (AvgIpc) is 2.26. The van der Waals surface area contributed by atoms with Gasteiger partial charge < -0.3 is 19.8 Å². The maximum atomic E-state index is 10.5. The van der Waals surface area contributed by atoms with Crippen LogP contribution in [0.3, 0.4) is 0 Å². The summed E-state index contributed by atoms with van der Waals surface area (Å²) in [5.41, 5.74) is -0.676. The van der Waals surface area contributed by atoms with E-state index in [4.69, 9.17) is 9.84 Å². The largest absolute Gasteiger partial charge is 0.481 e. The second kappa shape index (κ2) is 6.33. The van der Waals surface area contributed by atoms with Crippen molar-refractivity contribution in [3.63, 3.8) is 0 Å². The molecule has 0 aromatic carbocycles. The van der Waals surface area contributed by atoms with Crippen molar-refractivity contribution < 1.29 is 19.7 Å². The van der Waals surface area contributed by atoms with Gasteiger partial charge in [-0.05, 0) is 20.4 Å². The Bertz CT molecular complexity index is 251. The molecule has 0 amide bonds. The third-order valence-electron chi connectivity index (χ3n) is 3.50. The van der Waals surface area contributed by atoms with Gasteiger partial charge in [-0.25, -0.2) is 0 Å². The fourth-order valence-electron chi connectivity index (χ4n) is 2.08. The van der Waals surface area contributed by atoms with Crippen molar-refractivity contribution in [2.24, 2.45) is 0 Å². The molecule has 1 atom stereocenters. The number of carboxylic acids is 1. The van der Waals surface area contributed by atoms with Crippen molar-refractivity contribution in [3.05, 3.63) is 0 Å². The minimum atomic E-state index is -0.768. The molecule has 5 nitrogen and oxygen atoms in total. The number of nitrogens with zero attached hydrogens (tertiary/aromatic N) is 1. The molecule has 100 valence electrons. The number of likely N-dealkylation sites (N-methyl/N-ethyl adjacent to an activating group) is 1. The molecular weight excluding hydrogens is 222 g/mol. The molecular formula is C12H23NO4. The molecule has 5 heteroatoms. The van der Waals surface area contributed by atoms with Gasteiger partial charge in [-0.3, -0.25) is 4.79 Å². The first-order valence-corrected chi connectivity index (χ1v) is 6.15. The summed E-state index contributed by atoms with van der Waals surface area (Å²) in [5, 5.41) is 19.0. The number of ether oxygens (including phenoxy) is 1. The minimum Gasteiger partial charge on any atom is -0.481 e. The lowest BCUT2D eigenvalue weighted by Gasteiger charge is -2.37. The maximum absolute atomic E-state index is 10.5. The fourth-order valence-corrected chi connectivity index (χ4v) is 2.08. The summed E-state index contributed by atoms with van der Waals surface area (Å²) in [6.07, 6.45) is 2.09. The number of aliphatic hydroxyl groups is 1. The Morgan fingerprint density at radius 1 is 1.47 bits per heavy atom. The van der Waals surface area contributed by atoms with E-state index in [-0.39, 0.29) is 12.5 Å². The van der Waals surface area contributed by atoms with E-state index in [0.29, 0.717) is 39.0 Å². The van der Waals surface area contributed by atoms with Crippen molar-refractivity contribution in [2.45, 2.75) is 44.2 Å². The molecule has 1 fully saturated rings. The van der Waals surface area contributed by atoms with E-state index < -0.39 is 11.6 Å². The standard InChI is InChI=1S/C12H23NO4/c1-10(3-4-11(14)15)13(2)9-12(16)5-7-17-8-6-12/h10,16H,3-9H2,1-2H3,(H,14,15). The number of hydrogen-bond acceptors (Lipinski definition) is 4. The Balaban J connectivity index is 2.35. The number of rotatable bonds is 6. The van der Waals surface area contributed by atoms with Crippen molar-refractivity contribution in [2.75, 3.05) is 26.8 Å². The molecule has 0 aliphatic carbocycles. The summed E-state index contributed by atoms with van der Waals surface area (Å²) >= 11 is 0. The first-order chi connectivity index (χ1) is 7.93. The number of carboxylic acid groups (broad SMARTS) is 1. The van der Waals surface area contributed by atoms with Crippen LogP contribution >= 0.6 is 0 Å². The van der Waals surface area contributed by atoms with Crippen LogP contribution in [0.5, 0.6) is 0 Å². The van der Waals surface area contributed by atoms with Crippen LogP contribution in [0.15, 0.2) is 0 Å². The van der Waals surface area contributed by atoms with Crippen LogP contribution in [0.25, 0.3) is 0 Å². The van der Waals surface area contributed by atoms with E-state index in [2.05, 4.69) is 0 Å². The third kappa shape index (κ3) is 5.02. The van der Waals surface area contributed by atoms with Crippen LogP contribution in [0.1, 0.15) is 32.6 Å². The van der Waals surface area contributed by atoms with Gasteiger partial charge in [0.15, 0.2) is 0 Å². The molecule has 1 aliphatic rings. The fraction of sp³-hybridized carbons (Fsp3) is 0.917. The Morgan fingerprint density at radius 2 is 2.06 bits per heavy atom. The molecule has 1 heterocycles. The second-order valence-electron chi connectivity index (χ2n) is 5.03. The smallest absolute Gasteiger partial charge is 0.303 e. The average molecular weight is 245 g/mol. The Labute approximate surface area is 102 Å².